The van der Waals surface area contributed by atoms with Gasteiger partial charge in [-0.3, -0.25) is 4.79 Å². The molecule has 0 radical (unpaired) electrons. The van der Waals surface area contributed by atoms with Gasteiger partial charge >= 0.3 is 6.09 Å². The van der Waals surface area contributed by atoms with Gasteiger partial charge in [-0.05, 0) is 12.0 Å². The van der Waals surface area contributed by atoms with Crippen LogP contribution in [0, 0.1) is 0 Å². The zero-order valence-electron chi connectivity index (χ0n) is 12.7. The number of carbonyl (C=O) groups is 2. The fourth-order valence-corrected chi connectivity index (χ4v) is 2.09. The summed E-state index contributed by atoms with van der Waals surface area (Å²) in [5.41, 5.74) is 0.898. The van der Waals surface area contributed by atoms with Gasteiger partial charge in [0, 0.05) is 6.61 Å². The smallest absolute Gasteiger partial charge is 0.408 e. The highest BCUT2D eigenvalue weighted by atomic mass is 16.5. The van der Waals surface area contributed by atoms with Crippen LogP contribution in [0.5, 0.6) is 0 Å². The van der Waals surface area contributed by atoms with Gasteiger partial charge in [-0.15, -0.1) is 0 Å². The van der Waals surface area contributed by atoms with Gasteiger partial charge < -0.3 is 20.1 Å². The molecule has 2 amide bonds. The molecule has 6 heteroatoms. The van der Waals surface area contributed by atoms with E-state index in [9.17, 15) is 9.59 Å². The largest absolute Gasteiger partial charge is 0.445 e. The number of nitrogens with one attached hydrogen (secondary N) is 2. The Labute approximate surface area is 130 Å². The Balaban J connectivity index is 1.69. The van der Waals surface area contributed by atoms with Crippen molar-refractivity contribution in [1.82, 2.24) is 10.6 Å². The fraction of sp³-hybridized carbons (Fsp3) is 0.500. The molecule has 1 aliphatic heterocycles. The second kappa shape index (κ2) is 8.38. The Morgan fingerprint density at radius 2 is 2.09 bits per heavy atom. The van der Waals surface area contributed by atoms with Crippen molar-refractivity contribution >= 4 is 12.0 Å². The van der Waals surface area contributed by atoms with Crippen LogP contribution in [0.2, 0.25) is 0 Å². The summed E-state index contributed by atoms with van der Waals surface area (Å²) < 4.78 is 10.6. The highest BCUT2D eigenvalue weighted by Crippen LogP contribution is 2.08. The van der Waals surface area contributed by atoms with E-state index in [0.29, 0.717) is 13.2 Å². The quantitative estimate of drug-likeness (QED) is 0.565. The van der Waals surface area contributed by atoms with Gasteiger partial charge in [-0.2, -0.15) is 0 Å². The first kappa shape index (κ1) is 16.3. The lowest BCUT2D eigenvalue weighted by atomic mass is 10.0. The lowest BCUT2D eigenvalue weighted by Crippen LogP contribution is -2.70. The molecule has 22 heavy (non-hydrogen) atoms. The van der Waals surface area contributed by atoms with Crippen LogP contribution in [-0.2, 0) is 20.9 Å². The van der Waals surface area contributed by atoms with Crippen molar-refractivity contribution in [2.24, 2.45) is 0 Å². The number of rotatable bonds is 8. The lowest BCUT2D eigenvalue weighted by Gasteiger charge is -2.36. The van der Waals surface area contributed by atoms with Crippen LogP contribution in [0.3, 0.4) is 0 Å². The predicted molar refractivity (Wildman–Crippen MR) is 81.2 cm³/mol. The van der Waals surface area contributed by atoms with Gasteiger partial charge in [-0.25, -0.2) is 4.79 Å². The van der Waals surface area contributed by atoms with E-state index in [2.05, 4.69) is 17.6 Å². The summed E-state index contributed by atoms with van der Waals surface area (Å²) in [6.07, 6.45) is 1.45. The molecule has 0 unspecified atom stereocenters. The number of β-lactam (4-membered cyclic amide) rings is 1. The van der Waals surface area contributed by atoms with E-state index in [0.717, 1.165) is 18.4 Å². The predicted octanol–water partition coefficient (Wildman–Crippen LogP) is 1.60. The molecule has 2 N–H and O–H groups in total. The van der Waals surface area contributed by atoms with Crippen LogP contribution < -0.4 is 10.6 Å². The van der Waals surface area contributed by atoms with Crippen LogP contribution in [0.4, 0.5) is 4.79 Å². The minimum Gasteiger partial charge on any atom is -0.445 e. The van der Waals surface area contributed by atoms with Crippen molar-refractivity contribution in [3.8, 4) is 0 Å². The maximum Gasteiger partial charge on any atom is 0.408 e. The highest BCUT2D eigenvalue weighted by molar-refractivity contribution is 5.92. The maximum absolute atomic E-state index is 11.7. The number of amides is 2. The molecule has 0 aliphatic carbocycles. The fourth-order valence-electron chi connectivity index (χ4n) is 2.09. The zero-order chi connectivity index (χ0) is 15.8. The molecule has 1 heterocycles. The standard InChI is InChI=1S/C16H22N2O4/c1-2-3-9-21-11-13-14(15(19)17-13)18-16(20)22-10-12-7-5-4-6-8-12/h4-8,13-14H,2-3,9-11H2,1H3,(H,17,19)(H,18,20)/t13-,14-/m0/s1. The van der Waals surface area contributed by atoms with E-state index < -0.39 is 12.1 Å². The summed E-state index contributed by atoms with van der Waals surface area (Å²) >= 11 is 0. The van der Waals surface area contributed by atoms with E-state index in [1.807, 2.05) is 30.3 Å². The van der Waals surface area contributed by atoms with Gasteiger partial charge in [-0.1, -0.05) is 43.7 Å². The topological polar surface area (TPSA) is 76.7 Å². The minimum absolute atomic E-state index is 0.179. The molecule has 0 bridgehead atoms. The van der Waals surface area contributed by atoms with E-state index in [4.69, 9.17) is 9.47 Å². The molecule has 1 aromatic rings. The first-order chi connectivity index (χ1) is 10.7. The molecule has 1 fully saturated rings. The van der Waals surface area contributed by atoms with Crippen LogP contribution >= 0.6 is 0 Å². The molecule has 6 nitrogen and oxygen atoms in total. The Morgan fingerprint density at radius 3 is 2.77 bits per heavy atom. The van der Waals surface area contributed by atoms with Crippen molar-refractivity contribution in [3.05, 3.63) is 35.9 Å². The van der Waals surface area contributed by atoms with Crippen LogP contribution in [0.25, 0.3) is 0 Å². The Kier molecular flexibility index (Phi) is 6.21. The molecule has 1 aromatic carbocycles. The normalized spacial score (nSPS) is 20.0. The number of ether oxygens (including phenoxy) is 2. The van der Waals surface area contributed by atoms with E-state index in [1.54, 1.807) is 0 Å². The molecule has 120 valence electrons. The molecule has 1 saturated heterocycles. The summed E-state index contributed by atoms with van der Waals surface area (Å²) in [7, 11) is 0. The number of hydrogen-bond donors (Lipinski definition) is 2. The van der Waals surface area contributed by atoms with Gasteiger partial charge in [0.1, 0.15) is 12.6 Å². The van der Waals surface area contributed by atoms with Gasteiger partial charge in [0.15, 0.2) is 0 Å². The van der Waals surface area contributed by atoms with Crippen LogP contribution in [0.1, 0.15) is 25.3 Å². The third-order valence-corrected chi connectivity index (χ3v) is 3.44. The van der Waals surface area contributed by atoms with E-state index in [-0.39, 0.29) is 18.6 Å². The third-order valence-electron chi connectivity index (χ3n) is 3.44. The summed E-state index contributed by atoms with van der Waals surface area (Å²) in [4.78, 5) is 23.2. The monoisotopic (exact) mass is 306 g/mol. The Hall–Kier alpha value is -2.08. The van der Waals surface area contributed by atoms with Crippen molar-refractivity contribution in [2.75, 3.05) is 13.2 Å². The molecular formula is C16H22N2O4. The van der Waals surface area contributed by atoms with Crippen LogP contribution in [-0.4, -0.2) is 37.3 Å². The summed E-state index contributed by atoms with van der Waals surface area (Å²) in [5.74, 6) is -0.208. The molecular weight excluding hydrogens is 284 g/mol. The van der Waals surface area contributed by atoms with Gasteiger partial charge in [0.05, 0.1) is 12.6 Å². The van der Waals surface area contributed by atoms with Crippen molar-refractivity contribution in [1.29, 1.82) is 0 Å². The van der Waals surface area contributed by atoms with Crippen molar-refractivity contribution in [2.45, 2.75) is 38.5 Å². The SMILES string of the molecule is CCCCOC[C@@H]1NC(=O)[C@H]1NC(=O)OCc1ccccc1. The summed E-state index contributed by atoms with van der Waals surface area (Å²) in [6.45, 7) is 3.32. The third kappa shape index (κ3) is 4.73. The maximum atomic E-state index is 11.7. The second-order valence-corrected chi connectivity index (χ2v) is 5.23. The average molecular weight is 306 g/mol. The minimum atomic E-state index is -0.595. The highest BCUT2D eigenvalue weighted by Gasteiger charge is 2.40. The Bertz CT molecular complexity index is 492. The zero-order valence-corrected chi connectivity index (χ0v) is 12.7. The summed E-state index contributed by atoms with van der Waals surface area (Å²) in [5, 5.41) is 5.29. The molecule has 2 rings (SSSR count). The first-order valence-electron chi connectivity index (χ1n) is 7.56. The van der Waals surface area contributed by atoms with E-state index in [1.165, 1.54) is 0 Å². The average Bonchev–Trinajstić information content (AvgIpc) is 2.54. The van der Waals surface area contributed by atoms with E-state index >= 15 is 0 Å². The second-order valence-electron chi connectivity index (χ2n) is 5.23. The number of unbranched alkanes of at least 4 members (excludes halogenated alkanes) is 1. The Morgan fingerprint density at radius 1 is 1.32 bits per heavy atom. The lowest BCUT2D eigenvalue weighted by molar-refractivity contribution is -0.133. The summed E-state index contributed by atoms with van der Waals surface area (Å²) in [6, 6.07) is 8.62. The molecule has 0 saturated carbocycles. The van der Waals surface area contributed by atoms with Crippen molar-refractivity contribution < 1.29 is 19.1 Å². The molecule has 2 atom stereocenters. The molecule has 0 aromatic heterocycles. The van der Waals surface area contributed by atoms with Crippen LogP contribution in [0.15, 0.2) is 30.3 Å². The number of hydrogen-bond acceptors (Lipinski definition) is 4. The first-order valence-corrected chi connectivity index (χ1v) is 7.56. The number of alkyl carbamates (subject to hydrolysis) is 1. The number of benzene rings is 1. The molecule has 1 aliphatic rings. The van der Waals surface area contributed by atoms with Gasteiger partial charge in [0.2, 0.25) is 5.91 Å². The molecule has 0 spiro atoms. The van der Waals surface area contributed by atoms with Gasteiger partial charge in [0.25, 0.3) is 0 Å². The van der Waals surface area contributed by atoms with Crippen molar-refractivity contribution in [3.63, 3.8) is 0 Å². The number of carbonyl (C=O) groups excluding carboxylic acids is 2.